The molecule has 8 heteroatoms. The molecule has 0 fully saturated rings. The van der Waals surface area contributed by atoms with E-state index < -0.39 is 0 Å². The van der Waals surface area contributed by atoms with Crippen LogP contribution in [-0.2, 0) is 11.2 Å². The third-order valence-electron chi connectivity index (χ3n) is 3.72. The molecule has 0 aliphatic rings. The van der Waals surface area contributed by atoms with E-state index in [0.717, 1.165) is 39.2 Å². The first kappa shape index (κ1) is 17.1. The maximum Gasteiger partial charge on any atom is 0.246 e. The van der Waals surface area contributed by atoms with Crippen LogP contribution in [0.5, 0.6) is 0 Å². The van der Waals surface area contributed by atoms with Crippen LogP contribution < -0.4 is 5.43 Å². The van der Waals surface area contributed by atoms with Gasteiger partial charge in [-0.15, -0.1) is 11.3 Å². The van der Waals surface area contributed by atoms with E-state index in [1.165, 1.54) is 11.3 Å². The molecule has 1 amide bonds. The number of thiazole rings is 1. The molecule has 0 radical (unpaired) electrons. The van der Waals surface area contributed by atoms with E-state index in [1.54, 1.807) is 6.21 Å². The predicted molar refractivity (Wildman–Crippen MR) is 96.3 cm³/mol. The van der Waals surface area contributed by atoms with E-state index in [0.29, 0.717) is 0 Å². The minimum Gasteiger partial charge on any atom is -0.360 e. The number of aromatic nitrogens is 3. The fourth-order valence-corrected chi connectivity index (χ4v) is 3.21. The summed E-state index contributed by atoms with van der Waals surface area (Å²) in [5.74, 6) is 1.29. The second kappa shape index (κ2) is 7.02. The largest absolute Gasteiger partial charge is 0.360 e. The normalized spacial score (nSPS) is 11.4. The first-order chi connectivity index (χ1) is 11.9. The van der Waals surface area contributed by atoms with Gasteiger partial charge in [-0.05, 0) is 33.8 Å². The molecule has 3 heterocycles. The maximum absolute atomic E-state index is 11.9. The second-order valence-corrected chi connectivity index (χ2v) is 6.85. The summed E-state index contributed by atoms with van der Waals surface area (Å²) >= 11 is 1.53. The first-order valence-corrected chi connectivity index (χ1v) is 8.67. The molecule has 0 bridgehead atoms. The highest BCUT2D eigenvalue weighted by molar-refractivity contribution is 7.09. The number of hydrogen-bond acceptors (Lipinski definition) is 6. The summed E-state index contributed by atoms with van der Waals surface area (Å²) in [6.07, 6.45) is 1.86. The lowest BCUT2D eigenvalue weighted by Gasteiger charge is -2.03. The molecule has 0 unspecified atom stereocenters. The van der Waals surface area contributed by atoms with E-state index in [9.17, 15) is 4.79 Å². The van der Waals surface area contributed by atoms with Crippen LogP contribution >= 0.6 is 11.3 Å². The molecule has 0 saturated carbocycles. The van der Waals surface area contributed by atoms with Crippen molar-refractivity contribution in [1.29, 1.82) is 0 Å². The van der Waals surface area contributed by atoms with Gasteiger partial charge in [0, 0.05) is 28.4 Å². The molecular weight excluding hydrogens is 338 g/mol. The van der Waals surface area contributed by atoms with Crippen LogP contribution in [0.2, 0.25) is 0 Å². The van der Waals surface area contributed by atoms with Crippen molar-refractivity contribution in [3.63, 3.8) is 0 Å². The number of rotatable bonds is 5. The lowest BCUT2D eigenvalue weighted by molar-refractivity contribution is -0.120. The van der Waals surface area contributed by atoms with Gasteiger partial charge in [0.15, 0.2) is 5.82 Å². The van der Waals surface area contributed by atoms with Crippen LogP contribution in [0.3, 0.4) is 0 Å². The summed E-state index contributed by atoms with van der Waals surface area (Å²) in [6.45, 7) is 7.72. The molecule has 0 spiro atoms. The number of hydrazone groups is 1. The van der Waals surface area contributed by atoms with E-state index in [1.807, 2.05) is 49.8 Å². The van der Waals surface area contributed by atoms with Crippen molar-refractivity contribution in [2.24, 2.45) is 5.10 Å². The van der Waals surface area contributed by atoms with E-state index in [2.05, 4.69) is 20.7 Å². The standard InChI is InChI=1S/C17H19N5O2S/c1-10-5-14(12(3)22(10)16-6-11(2)24-21-16)8-18-20-17(23)7-15-9-25-13(4)19-15/h5-6,8-9H,7H2,1-4H3,(H,20,23)/b18-8-. The molecule has 130 valence electrons. The van der Waals surface area contributed by atoms with E-state index in [4.69, 9.17) is 4.52 Å². The highest BCUT2D eigenvalue weighted by Crippen LogP contribution is 2.19. The zero-order chi connectivity index (χ0) is 18.0. The van der Waals surface area contributed by atoms with Gasteiger partial charge >= 0.3 is 0 Å². The van der Waals surface area contributed by atoms with Crippen molar-refractivity contribution in [3.8, 4) is 5.82 Å². The smallest absolute Gasteiger partial charge is 0.246 e. The third-order valence-corrected chi connectivity index (χ3v) is 4.54. The summed E-state index contributed by atoms with van der Waals surface area (Å²) in [5, 5.41) is 10.9. The summed E-state index contributed by atoms with van der Waals surface area (Å²) in [4.78, 5) is 16.2. The third kappa shape index (κ3) is 3.85. The van der Waals surface area contributed by atoms with E-state index in [-0.39, 0.29) is 12.3 Å². The molecule has 0 aliphatic carbocycles. The van der Waals surface area contributed by atoms with Gasteiger partial charge in [0.1, 0.15) is 5.76 Å². The SMILES string of the molecule is Cc1cc(-n2c(C)cc(/C=N\NC(=O)Cc3csc(C)n3)c2C)no1. The van der Waals surface area contributed by atoms with Gasteiger partial charge in [0.05, 0.1) is 23.3 Å². The van der Waals surface area contributed by atoms with Gasteiger partial charge < -0.3 is 4.52 Å². The number of carbonyl (C=O) groups excluding carboxylic acids is 1. The average Bonchev–Trinajstić information content (AvgIpc) is 3.21. The lowest BCUT2D eigenvalue weighted by Crippen LogP contribution is -2.20. The van der Waals surface area contributed by atoms with Crippen LogP contribution in [0.1, 0.15) is 33.4 Å². The molecule has 0 atom stereocenters. The second-order valence-electron chi connectivity index (χ2n) is 5.79. The van der Waals surface area contributed by atoms with Crippen molar-refractivity contribution < 1.29 is 9.32 Å². The molecule has 0 aromatic carbocycles. The van der Waals surface area contributed by atoms with E-state index >= 15 is 0 Å². The number of hydrogen-bond donors (Lipinski definition) is 1. The number of aryl methyl sites for hydroxylation is 3. The monoisotopic (exact) mass is 357 g/mol. The number of carbonyl (C=O) groups is 1. The van der Waals surface area contributed by atoms with Crippen molar-refractivity contribution in [3.05, 3.63) is 50.9 Å². The van der Waals surface area contributed by atoms with Crippen molar-refractivity contribution >= 4 is 23.5 Å². The fraction of sp³-hybridized carbons (Fsp3) is 0.294. The Morgan fingerprint density at radius 3 is 2.80 bits per heavy atom. The average molecular weight is 357 g/mol. The van der Waals surface area contributed by atoms with Gasteiger partial charge in [0.2, 0.25) is 5.91 Å². The highest BCUT2D eigenvalue weighted by Gasteiger charge is 2.12. The summed E-state index contributed by atoms with van der Waals surface area (Å²) in [5.41, 5.74) is 6.19. The Balaban J connectivity index is 1.68. The number of nitrogens with one attached hydrogen (secondary N) is 1. The molecule has 0 aliphatic heterocycles. The summed E-state index contributed by atoms with van der Waals surface area (Å²) in [6, 6.07) is 3.86. The predicted octanol–water partition coefficient (Wildman–Crippen LogP) is 2.85. The number of amides is 1. The topological polar surface area (TPSA) is 85.3 Å². The quantitative estimate of drug-likeness (QED) is 0.562. The summed E-state index contributed by atoms with van der Waals surface area (Å²) in [7, 11) is 0. The highest BCUT2D eigenvalue weighted by atomic mass is 32.1. The van der Waals surface area contributed by atoms with Gasteiger partial charge in [0.25, 0.3) is 0 Å². The Labute approximate surface area is 149 Å². The maximum atomic E-state index is 11.9. The fourth-order valence-electron chi connectivity index (χ4n) is 2.60. The van der Waals surface area contributed by atoms with Crippen LogP contribution in [0.25, 0.3) is 5.82 Å². The Morgan fingerprint density at radius 2 is 2.16 bits per heavy atom. The van der Waals surface area contributed by atoms with Gasteiger partial charge in [-0.3, -0.25) is 9.36 Å². The zero-order valence-corrected chi connectivity index (χ0v) is 15.3. The van der Waals surface area contributed by atoms with Crippen LogP contribution in [0.4, 0.5) is 0 Å². The van der Waals surface area contributed by atoms with Crippen molar-refractivity contribution in [1.82, 2.24) is 20.1 Å². The Kier molecular flexibility index (Phi) is 4.80. The summed E-state index contributed by atoms with van der Waals surface area (Å²) < 4.78 is 7.13. The first-order valence-electron chi connectivity index (χ1n) is 7.79. The molecule has 7 nitrogen and oxygen atoms in total. The van der Waals surface area contributed by atoms with Crippen LogP contribution in [0.15, 0.2) is 27.1 Å². The minimum atomic E-state index is -0.192. The molecule has 3 aromatic heterocycles. The lowest BCUT2D eigenvalue weighted by atomic mass is 10.3. The van der Waals surface area contributed by atoms with Crippen molar-refractivity contribution in [2.75, 3.05) is 0 Å². The molecular formula is C17H19N5O2S. The molecule has 1 N–H and O–H groups in total. The van der Waals surface area contributed by atoms with Gasteiger partial charge in [-0.1, -0.05) is 5.16 Å². The zero-order valence-electron chi connectivity index (χ0n) is 14.5. The van der Waals surface area contributed by atoms with Crippen LogP contribution in [0, 0.1) is 27.7 Å². The Morgan fingerprint density at radius 1 is 1.36 bits per heavy atom. The minimum absolute atomic E-state index is 0.192. The molecule has 3 rings (SSSR count). The Bertz CT molecular complexity index is 935. The molecule has 3 aromatic rings. The number of nitrogens with zero attached hydrogens (tertiary/aromatic N) is 4. The van der Waals surface area contributed by atoms with Crippen molar-refractivity contribution in [2.45, 2.75) is 34.1 Å². The van der Waals surface area contributed by atoms with Gasteiger partial charge in [-0.2, -0.15) is 5.10 Å². The van der Waals surface area contributed by atoms with Crippen LogP contribution in [-0.4, -0.2) is 26.8 Å². The van der Waals surface area contributed by atoms with Gasteiger partial charge in [-0.25, -0.2) is 10.4 Å². The molecule has 25 heavy (non-hydrogen) atoms. The molecule has 0 saturated heterocycles. The Hall–Kier alpha value is -2.74.